The van der Waals surface area contributed by atoms with Crippen LogP contribution in [0, 0.1) is 32.6 Å². The van der Waals surface area contributed by atoms with Gasteiger partial charge < -0.3 is 4.90 Å². The van der Waals surface area contributed by atoms with Gasteiger partial charge >= 0.3 is 0 Å². The van der Waals surface area contributed by atoms with Gasteiger partial charge in [-0.25, -0.2) is 18.1 Å². The molecule has 3 aliphatic rings. The van der Waals surface area contributed by atoms with Crippen LogP contribution in [0.2, 0.25) is 0 Å². The predicted molar refractivity (Wildman–Crippen MR) is 149 cm³/mol. The molecule has 0 spiro atoms. The van der Waals surface area contributed by atoms with Crippen molar-refractivity contribution in [1.82, 2.24) is 19.5 Å². The lowest BCUT2D eigenvalue weighted by Crippen LogP contribution is -2.54. The summed E-state index contributed by atoms with van der Waals surface area (Å²) in [6.07, 6.45) is 8.43. The van der Waals surface area contributed by atoms with Crippen molar-refractivity contribution in [3.05, 3.63) is 34.3 Å². The minimum Gasteiger partial charge on any atom is -0.366 e. The average molecular weight is 528 g/mol. The molecule has 10 heteroatoms. The molecule has 202 valence electrons. The van der Waals surface area contributed by atoms with Gasteiger partial charge in [0.2, 0.25) is 10.0 Å². The second kappa shape index (κ2) is 9.69. The molecule has 0 radical (unpaired) electrons. The van der Waals surface area contributed by atoms with Crippen LogP contribution in [0.5, 0.6) is 0 Å². The van der Waals surface area contributed by atoms with E-state index in [1.807, 2.05) is 14.0 Å². The summed E-state index contributed by atoms with van der Waals surface area (Å²) in [5.74, 6) is 1.94. The molecule has 3 unspecified atom stereocenters. The van der Waals surface area contributed by atoms with Gasteiger partial charge in [-0.15, -0.1) is 0 Å². The molecule has 2 aliphatic carbocycles. The molecular formula is C27H41N7O2S. The van der Waals surface area contributed by atoms with E-state index >= 15 is 0 Å². The highest BCUT2D eigenvalue weighted by atomic mass is 32.2. The fraction of sp³-hybridized carbons (Fsp3) is 0.667. The Morgan fingerprint density at radius 3 is 2.78 bits per heavy atom. The fourth-order valence-electron chi connectivity index (χ4n) is 7.17. The molecule has 2 aromatic rings. The summed E-state index contributed by atoms with van der Waals surface area (Å²) in [5, 5.41) is 10.8. The third-order valence-electron chi connectivity index (χ3n) is 8.89. The zero-order chi connectivity index (χ0) is 26.5. The number of aromatic nitrogens is 3. The van der Waals surface area contributed by atoms with Gasteiger partial charge in [-0.1, -0.05) is 6.42 Å². The van der Waals surface area contributed by atoms with Crippen LogP contribution in [0.4, 0.5) is 11.5 Å². The first-order chi connectivity index (χ1) is 17.5. The molecular weight excluding hydrogens is 486 g/mol. The Hall–Kier alpha value is -2.46. The lowest BCUT2D eigenvalue weighted by atomic mass is 9.63. The van der Waals surface area contributed by atoms with Crippen LogP contribution in [0.25, 0.3) is 0 Å². The second-order valence-electron chi connectivity index (χ2n) is 11.6. The summed E-state index contributed by atoms with van der Waals surface area (Å²) >= 11 is 0. The first-order valence-electron chi connectivity index (χ1n) is 13.5. The highest BCUT2D eigenvalue weighted by Crippen LogP contribution is 2.47. The van der Waals surface area contributed by atoms with Crippen LogP contribution < -0.4 is 14.6 Å². The number of hydrogen-bond donors (Lipinski definition) is 1. The molecule has 2 fully saturated rings. The van der Waals surface area contributed by atoms with Gasteiger partial charge in [-0.3, -0.25) is 9.69 Å². The van der Waals surface area contributed by atoms with Gasteiger partial charge in [0, 0.05) is 73.6 Å². The number of hydrogen-bond acceptors (Lipinski definition) is 7. The van der Waals surface area contributed by atoms with E-state index in [0.717, 1.165) is 80.9 Å². The van der Waals surface area contributed by atoms with E-state index in [2.05, 4.69) is 46.0 Å². The topological polar surface area (TPSA) is 95.7 Å². The van der Waals surface area contributed by atoms with Gasteiger partial charge in [0.1, 0.15) is 0 Å². The van der Waals surface area contributed by atoms with E-state index in [9.17, 15) is 8.42 Å². The van der Waals surface area contributed by atoms with Crippen LogP contribution >= 0.6 is 0 Å². The Morgan fingerprint density at radius 1 is 1.27 bits per heavy atom. The quantitative estimate of drug-likeness (QED) is 0.436. The largest absolute Gasteiger partial charge is 0.366 e. The highest BCUT2D eigenvalue weighted by Gasteiger charge is 2.45. The van der Waals surface area contributed by atoms with Gasteiger partial charge in [-0.05, 0) is 70.8 Å². The maximum Gasteiger partial charge on any atom is 0.209 e. The molecule has 0 amide bonds. The van der Waals surface area contributed by atoms with Crippen LogP contribution in [0.1, 0.15) is 66.7 Å². The molecule has 37 heavy (non-hydrogen) atoms. The normalized spacial score (nSPS) is 25.6. The first kappa shape index (κ1) is 26.2. The molecule has 3 heterocycles. The van der Waals surface area contributed by atoms with Crippen molar-refractivity contribution >= 4 is 28.2 Å². The fourth-order valence-corrected chi connectivity index (χ4v) is 8.24. The summed E-state index contributed by atoms with van der Waals surface area (Å²) in [5.41, 5.74) is 6.85. The number of hydrazone groups is 1. The summed E-state index contributed by atoms with van der Waals surface area (Å²) < 4.78 is 29.3. The molecule has 1 aliphatic heterocycles. The molecule has 0 aromatic carbocycles. The van der Waals surface area contributed by atoms with E-state index in [1.165, 1.54) is 29.6 Å². The zero-order valence-corrected chi connectivity index (χ0v) is 23.7. The molecule has 5 rings (SSSR count). The van der Waals surface area contributed by atoms with E-state index in [-0.39, 0.29) is 5.54 Å². The van der Waals surface area contributed by atoms with Crippen LogP contribution in [-0.4, -0.2) is 55.3 Å². The first-order valence-corrected chi connectivity index (χ1v) is 15.4. The standard InChI is InChI=1S/C27H41N7O2S/c1-18-14-25(19(2)26(29-18)32(5)28-4)33-13-10-24-23(17-33)20(3)30-34(24)16-22-9-12-27(31-37(6,35)36)11-7-8-21(22)15-27/h14,21-22,31H,4,7-13,15-17H2,1-3,5-6H3. The maximum absolute atomic E-state index is 12.0. The third-order valence-corrected chi connectivity index (χ3v) is 9.70. The SMILES string of the molecule is C=NN(C)c1nc(C)cc(N2CCc3c(c(C)nn3CC3CCC4(NS(C)(=O)=O)CCCC3C4)C2)c1C. The van der Waals surface area contributed by atoms with Crippen LogP contribution in [0.15, 0.2) is 11.2 Å². The van der Waals surface area contributed by atoms with E-state index in [4.69, 9.17) is 10.1 Å². The summed E-state index contributed by atoms with van der Waals surface area (Å²) in [6.45, 7) is 12.6. The van der Waals surface area contributed by atoms with Crippen molar-refractivity contribution in [2.45, 2.75) is 84.3 Å². The number of nitrogens with one attached hydrogen (secondary N) is 1. The Balaban J connectivity index is 1.34. The number of anilines is 2. The molecule has 2 aromatic heterocycles. The highest BCUT2D eigenvalue weighted by molar-refractivity contribution is 7.88. The third kappa shape index (κ3) is 5.14. The van der Waals surface area contributed by atoms with Crippen molar-refractivity contribution in [2.24, 2.45) is 16.9 Å². The van der Waals surface area contributed by atoms with Gasteiger partial charge in [-0.2, -0.15) is 10.2 Å². The zero-order valence-electron chi connectivity index (χ0n) is 22.9. The number of rotatable bonds is 7. The van der Waals surface area contributed by atoms with Crippen molar-refractivity contribution in [3.63, 3.8) is 0 Å². The van der Waals surface area contributed by atoms with Gasteiger partial charge in [0.05, 0.1) is 11.9 Å². The Bertz CT molecular complexity index is 1300. The van der Waals surface area contributed by atoms with Crippen molar-refractivity contribution < 1.29 is 8.42 Å². The van der Waals surface area contributed by atoms with Crippen molar-refractivity contribution in [1.29, 1.82) is 0 Å². The Kier molecular flexibility index (Phi) is 6.85. The molecule has 2 saturated carbocycles. The number of sulfonamides is 1. The number of aryl methyl sites for hydroxylation is 2. The number of pyridine rings is 1. The predicted octanol–water partition coefficient (Wildman–Crippen LogP) is 3.71. The smallest absolute Gasteiger partial charge is 0.209 e. The molecule has 2 bridgehead atoms. The van der Waals surface area contributed by atoms with E-state index < -0.39 is 10.0 Å². The van der Waals surface area contributed by atoms with E-state index in [1.54, 1.807) is 5.01 Å². The average Bonchev–Trinajstić information content (AvgIpc) is 3.15. The Morgan fingerprint density at radius 2 is 2.05 bits per heavy atom. The molecule has 9 nitrogen and oxygen atoms in total. The minimum atomic E-state index is -3.20. The van der Waals surface area contributed by atoms with Crippen molar-refractivity contribution in [3.8, 4) is 0 Å². The van der Waals surface area contributed by atoms with E-state index in [0.29, 0.717) is 11.8 Å². The van der Waals surface area contributed by atoms with Crippen LogP contribution in [-0.2, 0) is 29.5 Å². The Labute approximate surface area is 221 Å². The lowest BCUT2D eigenvalue weighted by molar-refractivity contribution is 0.0736. The number of nitrogens with zero attached hydrogens (tertiary/aromatic N) is 6. The van der Waals surface area contributed by atoms with Gasteiger partial charge in [0.15, 0.2) is 5.82 Å². The van der Waals surface area contributed by atoms with Gasteiger partial charge in [0.25, 0.3) is 0 Å². The summed E-state index contributed by atoms with van der Waals surface area (Å²) in [6, 6.07) is 2.17. The summed E-state index contributed by atoms with van der Waals surface area (Å²) in [7, 11) is -1.32. The second-order valence-corrected chi connectivity index (χ2v) is 13.3. The minimum absolute atomic E-state index is 0.235. The van der Waals surface area contributed by atoms with Crippen molar-refractivity contribution in [2.75, 3.05) is 29.8 Å². The summed E-state index contributed by atoms with van der Waals surface area (Å²) in [4.78, 5) is 7.13. The number of fused-ring (bicyclic) bond motifs is 3. The molecule has 1 N–H and O–H groups in total. The lowest BCUT2D eigenvalue weighted by Gasteiger charge is -2.48. The van der Waals surface area contributed by atoms with Crippen LogP contribution in [0.3, 0.4) is 0 Å². The molecule has 0 saturated heterocycles. The monoisotopic (exact) mass is 527 g/mol. The molecule has 3 atom stereocenters. The maximum atomic E-state index is 12.0.